The van der Waals surface area contributed by atoms with Crippen molar-refractivity contribution in [1.29, 1.82) is 0 Å². The van der Waals surface area contributed by atoms with Gasteiger partial charge in [-0.3, -0.25) is 0 Å². The standard InChI is InChI=1S/C10H18F3NO/c1-3-14-6-4-8(5-7-14)9(2,15)10(11,12)13/h8,15H,3-7H2,1-2H3. The molecule has 0 aromatic rings. The molecule has 0 aliphatic carbocycles. The molecule has 0 spiro atoms. The van der Waals surface area contributed by atoms with Crippen molar-refractivity contribution in [3.8, 4) is 0 Å². The predicted octanol–water partition coefficient (Wildman–Crippen LogP) is 2.03. The summed E-state index contributed by atoms with van der Waals surface area (Å²) in [6, 6.07) is 0. The van der Waals surface area contributed by atoms with Crippen molar-refractivity contribution in [3.05, 3.63) is 0 Å². The predicted molar refractivity (Wildman–Crippen MR) is 51.5 cm³/mol. The Morgan fingerprint density at radius 2 is 1.73 bits per heavy atom. The molecule has 2 nitrogen and oxygen atoms in total. The van der Waals surface area contributed by atoms with Crippen LogP contribution in [-0.4, -0.2) is 41.4 Å². The van der Waals surface area contributed by atoms with Gasteiger partial charge in [-0.1, -0.05) is 6.92 Å². The van der Waals surface area contributed by atoms with Crippen LogP contribution in [-0.2, 0) is 0 Å². The average molecular weight is 225 g/mol. The van der Waals surface area contributed by atoms with Gasteiger partial charge in [-0.15, -0.1) is 0 Å². The van der Waals surface area contributed by atoms with Gasteiger partial charge in [0.1, 0.15) is 0 Å². The van der Waals surface area contributed by atoms with Gasteiger partial charge in [-0.25, -0.2) is 0 Å². The Kier molecular flexibility index (Phi) is 3.66. The Labute approximate surface area is 88.1 Å². The van der Waals surface area contributed by atoms with E-state index in [2.05, 4.69) is 4.90 Å². The second kappa shape index (κ2) is 4.29. The monoisotopic (exact) mass is 225 g/mol. The third-order valence-corrected chi connectivity index (χ3v) is 3.40. The lowest BCUT2D eigenvalue weighted by Crippen LogP contribution is -2.52. The normalized spacial score (nSPS) is 25.2. The van der Waals surface area contributed by atoms with Crippen LogP contribution in [0.2, 0.25) is 0 Å². The van der Waals surface area contributed by atoms with Gasteiger partial charge < -0.3 is 10.0 Å². The fourth-order valence-corrected chi connectivity index (χ4v) is 2.04. The van der Waals surface area contributed by atoms with E-state index in [4.69, 9.17) is 0 Å². The molecule has 0 radical (unpaired) electrons. The lowest BCUT2D eigenvalue weighted by molar-refractivity contribution is -0.275. The molecule has 1 aliphatic heterocycles. The largest absolute Gasteiger partial charge is 0.417 e. The second-order valence-electron chi connectivity index (χ2n) is 4.35. The molecule has 90 valence electrons. The van der Waals surface area contributed by atoms with Gasteiger partial charge in [0.05, 0.1) is 0 Å². The number of halogens is 3. The molecular formula is C10H18F3NO. The summed E-state index contributed by atoms with van der Waals surface area (Å²) in [6.07, 6.45) is -3.69. The van der Waals surface area contributed by atoms with Gasteiger partial charge in [0.15, 0.2) is 5.60 Å². The molecule has 1 rings (SSSR count). The topological polar surface area (TPSA) is 23.5 Å². The Bertz CT molecular complexity index is 207. The van der Waals surface area contributed by atoms with E-state index < -0.39 is 17.7 Å². The Morgan fingerprint density at radius 1 is 1.27 bits per heavy atom. The zero-order valence-corrected chi connectivity index (χ0v) is 9.14. The smallest absolute Gasteiger partial charge is 0.380 e. The molecule has 0 saturated carbocycles. The van der Waals surface area contributed by atoms with E-state index in [1.54, 1.807) is 0 Å². The molecule has 0 aromatic heterocycles. The first-order chi connectivity index (χ1) is 6.79. The zero-order chi connectivity index (χ0) is 11.7. The third kappa shape index (κ3) is 2.64. The van der Waals surface area contributed by atoms with Crippen LogP contribution >= 0.6 is 0 Å². The molecule has 1 fully saturated rings. The van der Waals surface area contributed by atoms with Crippen LogP contribution in [0.5, 0.6) is 0 Å². The van der Waals surface area contributed by atoms with Crippen LogP contribution in [0.25, 0.3) is 0 Å². The van der Waals surface area contributed by atoms with Crippen molar-refractivity contribution in [2.75, 3.05) is 19.6 Å². The van der Waals surface area contributed by atoms with Crippen molar-refractivity contribution in [1.82, 2.24) is 4.90 Å². The first-order valence-electron chi connectivity index (χ1n) is 5.30. The minimum atomic E-state index is -4.52. The highest BCUT2D eigenvalue weighted by Crippen LogP contribution is 2.40. The quantitative estimate of drug-likeness (QED) is 0.777. The van der Waals surface area contributed by atoms with Gasteiger partial charge in [0.2, 0.25) is 0 Å². The van der Waals surface area contributed by atoms with Gasteiger partial charge >= 0.3 is 6.18 Å². The molecule has 5 heteroatoms. The number of likely N-dealkylation sites (tertiary alicyclic amines) is 1. The van der Waals surface area contributed by atoms with Crippen molar-refractivity contribution < 1.29 is 18.3 Å². The Balaban J connectivity index is 2.60. The fraction of sp³-hybridized carbons (Fsp3) is 1.00. The molecule has 1 unspecified atom stereocenters. The van der Waals surface area contributed by atoms with Gasteiger partial charge in [-0.2, -0.15) is 13.2 Å². The van der Waals surface area contributed by atoms with Crippen molar-refractivity contribution in [3.63, 3.8) is 0 Å². The van der Waals surface area contributed by atoms with Crippen LogP contribution in [0.3, 0.4) is 0 Å². The van der Waals surface area contributed by atoms with Gasteiger partial charge in [0.25, 0.3) is 0 Å². The van der Waals surface area contributed by atoms with E-state index in [9.17, 15) is 18.3 Å². The van der Waals surface area contributed by atoms with Crippen molar-refractivity contribution in [2.45, 2.75) is 38.5 Å². The lowest BCUT2D eigenvalue weighted by atomic mass is 9.81. The Hall–Kier alpha value is -0.290. The van der Waals surface area contributed by atoms with Gasteiger partial charge in [0, 0.05) is 0 Å². The minimum absolute atomic E-state index is 0.417. The molecule has 1 saturated heterocycles. The lowest BCUT2D eigenvalue weighted by Gasteiger charge is -2.40. The van der Waals surface area contributed by atoms with E-state index in [0.29, 0.717) is 25.9 Å². The summed E-state index contributed by atoms with van der Waals surface area (Å²) in [5, 5.41) is 9.49. The minimum Gasteiger partial charge on any atom is -0.380 e. The Morgan fingerprint density at radius 3 is 2.07 bits per heavy atom. The van der Waals surface area contributed by atoms with Crippen LogP contribution in [0.15, 0.2) is 0 Å². The summed E-state index contributed by atoms with van der Waals surface area (Å²) in [5.41, 5.74) is -2.53. The maximum Gasteiger partial charge on any atom is 0.417 e. The van der Waals surface area contributed by atoms with E-state index in [-0.39, 0.29) is 0 Å². The summed E-state index contributed by atoms with van der Waals surface area (Å²) in [5.74, 6) is -0.666. The molecule has 1 aliphatic rings. The number of hydrogen-bond donors (Lipinski definition) is 1. The molecule has 0 aromatic carbocycles. The molecule has 1 atom stereocenters. The molecule has 1 heterocycles. The number of hydrogen-bond acceptors (Lipinski definition) is 2. The fourth-order valence-electron chi connectivity index (χ4n) is 2.04. The highest BCUT2D eigenvalue weighted by Gasteiger charge is 2.54. The molecule has 0 amide bonds. The molecule has 15 heavy (non-hydrogen) atoms. The highest BCUT2D eigenvalue weighted by molar-refractivity contribution is 4.91. The summed E-state index contributed by atoms with van der Waals surface area (Å²) in [6.45, 7) is 5.03. The number of alkyl halides is 3. The molecular weight excluding hydrogens is 207 g/mol. The summed E-state index contributed by atoms with van der Waals surface area (Å²) >= 11 is 0. The van der Waals surface area contributed by atoms with Crippen LogP contribution in [0.4, 0.5) is 13.2 Å². The number of aliphatic hydroxyl groups is 1. The summed E-state index contributed by atoms with van der Waals surface area (Å²) in [7, 11) is 0. The number of rotatable bonds is 2. The summed E-state index contributed by atoms with van der Waals surface area (Å²) < 4.78 is 37.6. The molecule has 0 bridgehead atoms. The summed E-state index contributed by atoms with van der Waals surface area (Å²) in [4.78, 5) is 2.10. The molecule has 1 N–H and O–H groups in total. The van der Waals surface area contributed by atoms with Crippen LogP contribution in [0.1, 0.15) is 26.7 Å². The van der Waals surface area contributed by atoms with Crippen molar-refractivity contribution in [2.24, 2.45) is 5.92 Å². The third-order valence-electron chi connectivity index (χ3n) is 3.40. The van der Waals surface area contributed by atoms with E-state index in [0.717, 1.165) is 13.5 Å². The SMILES string of the molecule is CCN1CCC(C(C)(O)C(F)(F)F)CC1. The maximum absolute atomic E-state index is 12.5. The van der Waals surface area contributed by atoms with E-state index >= 15 is 0 Å². The average Bonchev–Trinajstić information content (AvgIpc) is 2.16. The van der Waals surface area contributed by atoms with Crippen LogP contribution in [0, 0.1) is 5.92 Å². The number of nitrogens with zero attached hydrogens (tertiary/aromatic N) is 1. The van der Waals surface area contributed by atoms with E-state index in [1.807, 2.05) is 6.92 Å². The van der Waals surface area contributed by atoms with E-state index in [1.165, 1.54) is 0 Å². The second-order valence-corrected chi connectivity index (χ2v) is 4.35. The number of piperidine rings is 1. The first-order valence-corrected chi connectivity index (χ1v) is 5.30. The first kappa shape index (κ1) is 12.8. The zero-order valence-electron chi connectivity index (χ0n) is 9.14. The highest BCUT2D eigenvalue weighted by atomic mass is 19.4. The maximum atomic E-state index is 12.5. The van der Waals surface area contributed by atoms with Gasteiger partial charge in [-0.05, 0) is 45.3 Å². The van der Waals surface area contributed by atoms with Crippen LogP contribution < -0.4 is 0 Å². The van der Waals surface area contributed by atoms with Crippen molar-refractivity contribution >= 4 is 0 Å².